The number of hydrogen-bond acceptors (Lipinski definition) is 2. The van der Waals surface area contributed by atoms with Crippen molar-refractivity contribution in [2.24, 2.45) is 0 Å². The van der Waals surface area contributed by atoms with E-state index < -0.39 is 0 Å². The first-order chi connectivity index (χ1) is 7.29. The molecule has 3 heteroatoms. The molecule has 1 radical (unpaired) electrons. The van der Waals surface area contributed by atoms with Crippen molar-refractivity contribution in [3.05, 3.63) is 53.6 Å². The van der Waals surface area contributed by atoms with Gasteiger partial charge in [0, 0.05) is 6.54 Å². The van der Waals surface area contributed by atoms with Crippen LogP contribution >= 0.6 is 0 Å². The van der Waals surface area contributed by atoms with Gasteiger partial charge in [-0.05, 0) is 12.5 Å². The summed E-state index contributed by atoms with van der Waals surface area (Å²) in [6.45, 7) is 2.68. The minimum Gasteiger partial charge on any atom is -0.316 e. The molecule has 1 aromatic carbocycles. The largest absolute Gasteiger partial charge is 0.316 e. The number of hydrogen-bond donors (Lipinski definition) is 0. The van der Waals surface area contributed by atoms with Crippen LogP contribution in [0.25, 0.3) is 0 Å². The molecule has 1 heterocycles. The van der Waals surface area contributed by atoms with Gasteiger partial charge in [0.05, 0.1) is 12.4 Å². The Morgan fingerprint density at radius 2 is 2.13 bits per heavy atom. The van der Waals surface area contributed by atoms with Crippen molar-refractivity contribution in [1.82, 2.24) is 9.55 Å². The van der Waals surface area contributed by atoms with E-state index in [9.17, 15) is 4.79 Å². The highest BCUT2D eigenvalue weighted by Gasteiger charge is 2.01. The molecule has 0 aliphatic heterocycles. The van der Waals surface area contributed by atoms with Gasteiger partial charge in [-0.1, -0.05) is 29.8 Å². The van der Waals surface area contributed by atoms with Crippen LogP contribution in [-0.2, 0) is 6.54 Å². The lowest BCUT2D eigenvalue weighted by molar-refractivity contribution is 0.111. The van der Waals surface area contributed by atoms with Crippen LogP contribution in [0.15, 0.2) is 30.5 Å². The Labute approximate surface area is 88.4 Å². The van der Waals surface area contributed by atoms with Crippen LogP contribution in [0.2, 0.25) is 0 Å². The van der Waals surface area contributed by atoms with Crippen LogP contribution in [0.4, 0.5) is 0 Å². The van der Waals surface area contributed by atoms with Gasteiger partial charge in [-0.25, -0.2) is 4.98 Å². The lowest BCUT2D eigenvalue weighted by Gasteiger charge is -2.04. The van der Waals surface area contributed by atoms with E-state index in [2.05, 4.69) is 11.2 Å². The first-order valence-corrected chi connectivity index (χ1v) is 4.73. The van der Waals surface area contributed by atoms with E-state index in [1.165, 1.54) is 11.8 Å². The Morgan fingerprint density at radius 3 is 2.80 bits per heavy atom. The number of carbonyl (C=O) groups excluding carboxylic acids is 1. The second-order valence-electron chi connectivity index (χ2n) is 3.44. The third-order valence-corrected chi connectivity index (χ3v) is 2.25. The fraction of sp³-hybridized carbons (Fsp3) is 0.167. The van der Waals surface area contributed by atoms with Crippen LogP contribution in [-0.4, -0.2) is 15.8 Å². The van der Waals surface area contributed by atoms with E-state index in [0.717, 1.165) is 11.8 Å². The molecular weight excluding hydrogens is 188 g/mol. The zero-order valence-corrected chi connectivity index (χ0v) is 8.47. The van der Waals surface area contributed by atoms with Gasteiger partial charge < -0.3 is 4.57 Å². The standard InChI is InChI=1S/C12H11N2O/c1-10-2-4-11(5-3-10)8-14-7-6-13-12(14)9-15/h2-6,9H,8H2,1H3. The minimum absolute atomic E-state index is 0.413. The Kier molecular flexibility index (Phi) is 2.63. The Morgan fingerprint density at radius 1 is 1.40 bits per heavy atom. The zero-order valence-electron chi connectivity index (χ0n) is 8.47. The smallest absolute Gasteiger partial charge is 0.185 e. The summed E-state index contributed by atoms with van der Waals surface area (Å²) in [6.07, 6.45) is 5.15. The van der Waals surface area contributed by atoms with E-state index in [-0.39, 0.29) is 0 Å². The maximum absolute atomic E-state index is 10.6. The quantitative estimate of drug-likeness (QED) is 0.707. The molecule has 15 heavy (non-hydrogen) atoms. The van der Waals surface area contributed by atoms with Gasteiger partial charge in [0.15, 0.2) is 12.1 Å². The maximum Gasteiger partial charge on any atom is 0.185 e. The molecule has 2 aromatic rings. The molecule has 0 fully saturated rings. The summed E-state index contributed by atoms with van der Waals surface area (Å²) in [6, 6.07) is 8.18. The van der Waals surface area contributed by atoms with Crippen molar-refractivity contribution in [2.75, 3.05) is 0 Å². The van der Waals surface area contributed by atoms with E-state index in [1.54, 1.807) is 4.57 Å². The molecule has 0 atom stereocenters. The number of nitrogens with zero attached hydrogens (tertiary/aromatic N) is 2. The van der Waals surface area contributed by atoms with Crippen LogP contribution in [0.5, 0.6) is 0 Å². The average Bonchev–Trinajstić information content (AvgIpc) is 2.69. The van der Waals surface area contributed by atoms with E-state index in [4.69, 9.17) is 0 Å². The molecule has 0 saturated heterocycles. The summed E-state index contributed by atoms with van der Waals surface area (Å²) in [4.78, 5) is 14.5. The van der Waals surface area contributed by atoms with Gasteiger partial charge >= 0.3 is 0 Å². The van der Waals surface area contributed by atoms with Crippen molar-refractivity contribution >= 4 is 6.29 Å². The highest BCUT2D eigenvalue weighted by molar-refractivity contribution is 5.69. The Bertz CT molecular complexity index is 457. The van der Waals surface area contributed by atoms with Crippen molar-refractivity contribution < 1.29 is 4.79 Å². The van der Waals surface area contributed by atoms with Crippen molar-refractivity contribution in [1.29, 1.82) is 0 Å². The van der Waals surface area contributed by atoms with Gasteiger partial charge in [-0.2, -0.15) is 0 Å². The average molecular weight is 199 g/mol. The van der Waals surface area contributed by atoms with Crippen LogP contribution in [0.1, 0.15) is 21.7 Å². The number of imidazole rings is 1. The highest BCUT2D eigenvalue weighted by Crippen LogP contribution is 2.06. The molecule has 0 amide bonds. The first kappa shape index (κ1) is 9.65. The molecule has 0 saturated carbocycles. The third-order valence-electron chi connectivity index (χ3n) is 2.25. The zero-order chi connectivity index (χ0) is 10.7. The number of rotatable bonds is 3. The number of benzene rings is 1. The van der Waals surface area contributed by atoms with Gasteiger partial charge in [0.1, 0.15) is 0 Å². The molecule has 0 bridgehead atoms. The van der Waals surface area contributed by atoms with Crippen molar-refractivity contribution in [3.8, 4) is 0 Å². The van der Waals surface area contributed by atoms with Gasteiger partial charge in [0.25, 0.3) is 0 Å². The number of aryl methyl sites for hydroxylation is 1. The van der Waals surface area contributed by atoms with Crippen LogP contribution in [0.3, 0.4) is 0 Å². The van der Waals surface area contributed by atoms with E-state index in [1.807, 2.05) is 31.2 Å². The monoisotopic (exact) mass is 199 g/mol. The highest BCUT2D eigenvalue weighted by atomic mass is 16.1. The van der Waals surface area contributed by atoms with E-state index >= 15 is 0 Å². The first-order valence-electron chi connectivity index (χ1n) is 4.73. The number of carbonyl (C=O) groups is 1. The molecule has 0 unspecified atom stereocenters. The third kappa shape index (κ3) is 2.13. The lowest BCUT2D eigenvalue weighted by Crippen LogP contribution is -2.03. The van der Waals surface area contributed by atoms with Gasteiger partial charge in [-0.15, -0.1) is 0 Å². The van der Waals surface area contributed by atoms with Gasteiger partial charge in [-0.3, -0.25) is 4.79 Å². The van der Waals surface area contributed by atoms with Crippen LogP contribution in [0, 0.1) is 13.1 Å². The molecule has 1 aromatic heterocycles. The number of aromatic nitrogens is 2. The summed E-state index contributed by atoms with van der Waals surface area (Å²) in [5.41, 5.74) is 2.36. The second kappa shape index (κ2) is 4.09. The van der Waals surface area contributed by atoms with Crippen molar-refractivity contribution in [3.63, 3.8) is 0 Å². The number of aldehydes is 1. The fourth-order valence-electron chi connectivity index (χ4n) is 1.40. The maximum atomic E-state index is 10.6. The summed E-state index contributed by atoms with van der Waals surface area (Å²) in [5.74, 6) is 0.413. The summed E-state index contributed by atoms with van der Waals surface area (Å²) in [7, 11) is 0. The molecule has 0 aliphatic carbocycles. The molecular formula is C12H11N2O. The lowest BCUT2D eigenvalue weighted by atomic mass is 10.1. The van der Waals surface area contributed by atoms with Crippen LogP contribution < -0.4 is 0 Å². The molecule has 0 spiro atoms. The van der Waals surface area contributed by atoms with E-state index in [0.29, 0.717) is 12.4 Å². The second-order valence-corrected chi connectivity index (χ2v) is 3.44. The Balaban J connectivity index is 2.21. The fourth-order valence-corrected chi connectivity index (χ4v) is 1.40. The molecule has 0 aliphatic rings. The van der Waals surface area contributed by atoms with Gasteiger partial charge in [0.2, 0.25) is 0 Å². The summed E-state index contributed by atoms with van der Waals surface area (Å²) in [5, 5.41) is 0. The Hall–Kier alpha value is -1.90. The molecule has 2 rings (SSSR count). The van der Waals surface area contributed by atoms with Crippen molar-refractivity contribution in [2.45, 2.75) is 13.5 Å². The summed E-state index contributed by atoms with van der Waals surface area (Å²) >= 11 is 0. The predicted molar refractivity (Wildman–Crippen MR) is 56.7 cm³/mol. The minimum atomic E-state index is 0.413. The molecule has 75 valence electrons. The molecule has 0 N–H and O–H groups in total. The molecule has 3 nitrogen and oxygen atoms in total. The normalized spacial score (nSPS) is 10.2. The predicted octanol–water partition coefficient (Wildman–Crippen LogP) is 1.85. The topological polar surface area (TPSA) is 34.9 Å². The summed E-state index contributed by atoms with van der Waals surface area (Å²) < 4.78 is 1.71. The SMILES string of the molecule is Cc1ccc(Cn2[c]cnc2C=O)cc1.